The summed E-state index contributed by atoms with van der Waals surface area (Å²) in [6.07, 6.45) is 2.52. The highest BCUT2D eigenvalue weighted by atomic mass is 32.1. The van der Waals surface area contributed by atoms with Gasteiger partial charge in [0.15, 0.2) is 0 Å². The van der Waals surface area contributed by atoms with E-state index in [1.807, 2.05) is 0 Å². The van der Waals surface area contributed by atoms with E-state index < -0.39 is 5.95 Å². The van der Waals surface area contributed by atoms with E-state index in [0.29, 0.717) is 0 Å². The second-order valence-electron chi connectivity index (χ2n) is 5.24. The molecule has 0 bridgehead atoms. The van der Waals surface area contributed by atoms with Crippen molar-refractivity contribution in [1.29, 1.82) is 0 Å². The summed E-state index contributed by atoms with van der Waals surface area (Å²) < 4.78 is 12.9. The second kappa shape index (κ2) is 5.78. The Labute approximate surface area is 128 Å². The zero-order chi connectivity index (χ0) is 14.8. The first kappa shape index (κ1) is 14.0. The average Bonchev–Trinajstić information content (AvgIpc) is 2.92. The highest BCUT2D eigenvalue weighted by Gasteiger charge is 2.06. The fraction of sp³-hybridized carbons (Fsp3) is 0.167. The molecule has 0 fully saturated rings. The van der Waals surface area contributed by atoms with Gasteiger partial charge in [-0.1, -0.05) is 23.8 Å². The summed E-state index contributed by atoms with van der Waals surface area (Å²) >= 11 is 1.74. The third kappa shape index (κ3) is 3.19. The van der Waals surface area contributed by atoms with Crippen molar-refractivity contribution in [2.45, 2.75) is 20.3 Å². The van der Waals surface area contributed by atoms with Gasteiger partial charge in [0.1, 0.15) is 0 Å². The van der Waals surface area contributed by atoms with Crippen LogP contribution in [0.25, 0.3) is 10.4 Å². The number of aryl methyl sites for hydroxylation is 2. The van der Waals surface area contributed by atoms with Crippen LogP contribution in [-0.2, 0) is 6.42 Å². The Bertz CT molecular complexity index is 759. The maximum atomic E-state index is 12.9. The third-order valence-electron chi connectivity index (χ3n) is 3.54. The van der Waals surface area contributed by atoms with E-state index in [2.05, 4.69) is 49.2 Å². The Morgan fingerprint density at radius 3 is 2.67 bits per heavy atom. The SMILES string of the molecule is Cc1ccc(C)c(Cc2ccc(-c3ccc(F)nc3)s2)c1. The lowest BCUT2D eigenvalue weighted by Gasteiger charge is -2.05. The van der Waals surface area contributed by atoms with Crippen LogP contribution in [-0.4, -0.2) is 4.98 Å². The van der Waals surface area contributed by atoms with Crippen LogP contribution in [0, 0.1) is 19.8 Å². The van der Waals surface area contributed by atoms with Gasteiger partial charge < -0.3 is 0 Å². The summed E-state index contributed by atoms with van der Waals surface area (Å²) in [4.78, 5) is 6.15. The van der Waals surface area contributed by atoms with Crippen LogP contribution < -0.4 is 0 Å². The third-order valence-corrected chi connectivity index (χ3v) is 4.68. The van der Waals surface area contributed by atoms with Gasteiger partial charge in [-0.2, -0.15) is 4.39 Å². The van der Waals surface area contributed by atoms with Crippen molar-refractivity contribution in [3.63, 3.8) is 0 Å². The first-order chi connectivity index (χ1) is 10.1. The van der Waals surface area contributed by atoms with E-state index in [0.717, 1.165) is 16.9 Å². The fourth-order valence-corrected chi connectivity index (χ4v) is 3.35. The summed E-state index contributed by atoms with van der Waals surface area (Å²) in [7, 11) is 0. The number of thiophene rings is 1. The highest BCUT2D eigenvalue weighted by Crippen LogP contribution is 2.29. The summed E-state index contributed by atoms with van der Waals surface area (Å²) in [6, 6.07) is 14.0. The molecule has 0 radical (unpaired) electrons. The van der Waals surface area contributed by atoms with Gasteiger partial charge in [-0.15, -0.1) is 11.3 Å². The van der Waals surface area contributed by atoms with Crippen molar-refractivity contribution in [3.8, 4) is 10.4 Å². The van der Waals surface area contributed by atoms with E-state index in [4.69, 9.17) is 0 Å². The molecule has 3 heteroatoms. The predicted molar refractivity (Wildman–Crippen MR) is 86.2 cm³/mol. The molecule has 0 N–H and O–H groups in total. The molecule has 2 aromatic heterocycles. The molecular formula is C18H16FNS. The van der Waals surface area contributed by atoms with E-state index in [1.165, 1.54) is 27.6 Å². The van der Waals surface area contributed by atoms with Crippen LogP contribution in [0.4, 0.5) is 4.39 Å². The number of rotatable bonds is 3. The fourth-order valence-electron chi connectivity index (χ4n) is 2.33. The lowest BCUT2D eigenvalue weighted by molar-refractivity contribution is 0.584. The standard InChI is InChI=1S/C18H16FNS/c1-12-3-4-13(2)15(9-12)10-16-6-7-17(21-16)14-5-8-18(19)20-11-14/h3-9,11H,10H2,1-2H3. The van der Waals surface area contributed by atoms with Gasteiger partial charge in [0, 0.05) is 27.9 Å². The molecule has 0 aliphatic carbocycles. The van der Waals surface area contributed by atoms with Crippen molar-refractivity contribution >= 4 is 11.3 Å². The summed E-state index contributed by atoms with van der Waals surface area (Å²) in [6.45, 7) is 4.26. The molecule has 0 saturated carbocycles. The quantitative estimate of drug-likeness (QED) is 0.609. The van der Waals surface area contributed by atoms with Gasteiger partial charge in [0.25, 0.3) is 0 Å². The van der Waals surface area contributed by atoms with Crippen LogP contribution in [0.1, 0.15) is 21.6 Å². The Kier molecular flexibility index (Phi) is 3.84. The molecular weight excluding hydrogens is 281 g/mol. The topological polar surface area (TPSA) is 12.9 Å². The summed E-state index contributed by atoms with van der Waals surface area (Å²) in [5.41, 5.74) is 4.93. The van der Waals surface area contributed by atoms with Crippen molar-refractivity contribution in [2.75, 3.05) is 0 Å². The largest absolute Gasteiger partial charge is 0.228 e. The van der Waals surface area contributed by atoms with Crippen molar-refractivity contribution in [3.05, 3.63) is 76.2 Å². The van der Waals surface area contributed by atoms with E-state index in [1.54, 1.807) is 23.6 Å². The molecule has 0 amide bonds. The molecule has 0 spiro atoms. The number of nitrogens with zero attached hydrogens (tertiary/aromatic N) is 1. The molecule has 3 aromatic rings. The van der Waals surface area contributed by atoms with Gasteiger partial charge in [-0.3, -0.25) is 0 Å². The monoisotopic (exact) mass is 297 g/mol. The Morgan fingerprint density at radius 1 is 1.05 bits per heavy atom. The lowest BCUT2D eigenvalue weighted by Crippen LogP contribution is -1.90. The van der Waals surface area contributed by atoms with E-state index >= 15 is 0 Å². The van der Waals surface area contributed by atoms with E-state index in [9.17, 15) is 4.39 Å². The molecule has 1 aromatic carbocycles. The molecule has 21 heavy (non-hydrogen) atoms. The molecule has 106 valence electrons. The van der Waals surface area contributed by atoms with Gasteiger partial charge in [0.2, 0.25) is 5.95 Å². The Morgan fingerprint density at radius 2 is 1.90 bits per heavy atom. The van der Waals surface area contributed by atoms with Crippen molar-refractivity contribution in [1.82, 2.24) is 4.98 Å². The smallest absolute Gasteiger partial charge is 0.212 e. The molecule has 2 heterocycles. The summed E-state index contributed by atoms with van der Waals surface area (Å²) in [5.74, 6) is -0.439. The van der Waals surface area contributed by atoms with Gasteiger partial charge in [0.05, 0.1) is 0 Å². The molecule has 0 saturated heterocycles. The zero-order valence-corrected chi connectivity index (χ0v) is 12.9. The molecule has 1 nitrogen and oxygen atoms in total. The van der Waals surface area contributed by atoms with Crippen LogP contribution >= 0.6 is 11.3 Å². The number of hydrogen-bond acceptors (Lipinski definition) is 2. The number of halogens is 1. The van der Waals surface area contributed by atoms with Gasteiger partial charge in [-0.25, -0.2) is 4.98 Å². The molecule has 0 atom stereocenters. The lowest BCUT2D eigenvalue weighted by atomic mass is 10.0. The van der Waals surface area contributed by atoms with Gasteiger partial charge in [-0.05, 0) is 49.2 Å². The minimum atomic E-state index is -0.439. The first-order valence-corrected chi connectivity index (χ1v) is 7.70. The zero-order valence-electron chi connectivity index (χ0n) is 12.1. The molecule has 3 rings (SSSR count). The Hall–Kier alpha value is -2.00. The van der Waals surface area contributed by atoms with E-state index in [-0.39, 0.29) is 0 Å². The highest BCUT2D eigenvalue weighted by molar-refractivity contribution is 7.15. The number of benzene rings is 1. The van der Waals surface area contributed by atoms with Crippen LogP contribution in [0.5, 0.6) is 0 Å². The molecule has 0 aliphatic rings. The second-order valence-corrected chi connectivity index (χ2v) is 6.41. The van der Waals surface area contributed by atoms with Crippen molar-refractivity contribution in [2.24, 2.45) is 0 Å². The van der Waals surface area contributed by atoms with Gasteiger partial charge >= 0.3 is 0 Å². The van der Waals surface area contributed by atoms with Crippen LogP contribution in [0.2, 0.25) is 0 Å². The first-order valence-electron chi connectivity index (χ1n) is 6.88. The predicted octanol–water partition coefficient (Wildman–Crippen LogP) is 5.16. The normalized spacial score (nSPS) is 10.8. The van der Waals surface area contributed by atoms with Crippen LogP contribution in [0.15, 0.2) is 48.7 Å². The van der Waals surface area contributed by atoms with Crippen molar-refractivity contribution < 1.29 is 4.39 Å². The Balaban J connectivity index is 1.85. The number of aromatic nitrogens is 1. The molecule has 0 aliphatic heterocycles. The maximum Gasteiger partial charge on any atom is 0.212 e. The minimum absolute atomic E-state index is 0.439. The van der Waals surface area contributed by atoms with Crippen LogP contribution in [0.3, 0.4) is 0 Å². The number of hydrogen-bond donors (Lipinski definition) is 0. The number of pyridine rings is 1. The maximum absolute atomic E-state index is 12.9. The minimum Gasteiger partial charge on any atom is -0.228 e. The average molecular weight is 297 g/mol. The molecule has 0 unspecified atom stereocenters. The summed E-state index contributed by atoms with van der Waals surface area (Å²) in [5, 5.41) is 0.